The second kappa shape index (κ2) is 7.47. The molecule has 2 heterocycles. The highest BCUT2D eigenvalue weighted by molar-refractivity contribution is 7.09. The SMILES string of the molecule is Cc1ccc(C(c2cncs2)N2CCN(C(C)C)CC2)c2ccccc12. The van der Waals surface area contributed by atoms with Gasteiger partial charge < -0.3 is 0 Å². The van der Waals surface area contributed by atoms with E-state index in [4.69, 9.17) is 0 Å². The summed E-state index contributed by atoms with van der Waals surface area (Å²) < 4.78 is 0. The highest BCUT2D eigenvalue weighted by atomic mass is 32.1. The molecule has 1 aliphatic rings. The van der Waals surface area contributed by atoms with Crippen molar-refractivity contribution in [1.82, 2.24) is 14.8 Å². The van der Waals surface area contributed by atoms with Gasteiger partial charge in [-0.3, -0.25) is 14.8 Å². The van der Waals surface area contributed by atoms with Crippen LogP contribution in [0.15, 0.2) is 48.1 Å². The number of rotatable bonds is 4. The van der Waals surface area contributed by atoms with Gasteiger partial charge in [-0.2, -0.15) is 0 Å². The molecule has 1 atom stereocenters. The second-order valence-corrected chi connectivity index (χ2v) is 8.41. The molecule has 1 fully saturated rings. The number of piperazine rings is 1. The maximum atomic E-state index is 4.39. The molecule has 2 aromatic carbocycles. The van der Waals surface area contributed by atoms with E-state index >= 15 is 0 Å². The summed E-state index contributed by atoms with van der Waals surface area (Å²) in [5, 5.41) is 2.73. The van der Waals surface area contributed by atoms with Gasteiger partial charge in [0, 0.05) is 43.3 Å². The Morgan fingerprint density at radius 2 is 1.62 bits per heavy atom. The van der Waals surface area contributed by atoms with Gasteiger partial charge in [-0.05, 0) is 42.7 Å². The molecule has 0 radical (unpaired) electrons. The minimum absolute atomic E-state index is 0.294. The normalized spacial score (nSPS) is 17.8. The van der Waals surface area contributed by atoms with Crippen LogP contribution in [0, 0.1) is 6.92 Å². The Morgan fingerprint density at radius 1 is 0.923 bits per heavy atom. The van der Waals surface area contributed by atoms with E-state index in [-0.39, 0.29) is 0 Å². The van der Waals surface area contributed by atoms with Gasteiger partial charge in [0.25, 0.3) is 0 Å². The zero-order valence-corrected chi connectivity index (χ0v) is 16.7. The molecule has 136 valence electrons. The van der Waals surface area contributed by atoms with Gasteiger partial charge in [0.1, 0.15) is 0 Å². The van der Waals surface area contributed by atoms with Crippen molar-refractivity contribution in [2.24, 2.45) is 0 Å². The van der Waals surface area contributed by atoms with Gasteiger partial charge in [-0.25, -0.2) is 0 Å². The highest BCUT2D eigenvalue weighted by Gasteiger charge is 2.29. The highest BCUT2D eigenvalue weighted by Crippen LogP contribution is 2.36. The van der Waals surface area contributed by atoms with Gasteiger partial charge in [0.05, 0.1) is 11.6 Å². The molecule has 0 saturated carbocycles. The first kappa shape index (κ1) is 17.7. The van der Waals surface area contributed by atoms with Crippen molar-refractivity contribution < 1.29 is 0 Å². The van der Waals surface area contributed by atoms with Crippen molar-refractivity contribution in [3.63, 3.8) is 0 Å². The molecule has 0 amide bonds. The molecular formula is C22H27N3S. The molecule has 4 heteroatoms. The molecule has 1 saturated heterocycles. The minimum atomic E-state index is 0.294. The first-order valence-corrected chi connectivity index (χ1v) is 10.4. The van der Waals surface area contributed by atoms with E-state index in [2.05, 4.69) is 78.2 Å². The van der Waals surface area contributed by atoms with E-state index in [0.717, 1.165) is 26.2 Å². The van der Waals surface area contributed by atoms with Gasteiger partial charge in [0.15, 0.2) is 0 Å². The molecule has 0 N–H and O–H groups in total. The van der Waals surface area contributed by atoms with Gasteiger partial charge in [0.2, 0.25) is 0 Å². The quantitative estimate of drug-likeness (QED) is 0.667. The lowest BCUT2D eigenvalue weighted by Crippen LogP contribution is -2.49. The first-order chi connectivity index (χ1) is 12.6. The third kappa shape index (κ3) is 3.29. The number of thiazole rings is 1. The first-order valence-electron chi connectivity index (χ1n) is 9.50. The van der Waals surface area contributed by atoms with E-state index in [0.29, 0.717) is 12.1 Å². The topological polar surface area (TPSA) is 19.4 Å². The third-order valence-corrected chi connectivity index (χ3v) is 6.46. The minimum Gasteiger partial charge on any atom is -0.298 e. The average molecular weight is 366 g/mol. The van der Waals surface area contributed by atoms with Crippen LogP contribution in [0.1, 0.15) is 35.9 Å². The second-order valence-electron chi connectivity index (χ2n) is 7.49. The molecule has 4 rings (SSSR count). The third-order valence-electron chi connectivity index (χ3n) is 5.64. The fourth-order valence-electron chi connectivity index (χ4n) is 4.11. The van der Waals surface area contributed by atoms with Crippen molar-refractivity contribution in [3.05, 3.63) is 64.1 Å². The van der Waals surface area contributed by atoms with Crippen LogP contribution in [-0.2, 0) is 0 Å². The molecule has 3 nitrogen and oxygen atoms in total. The van der Waals surface area contributed by atoms with Crippen LogP contribution in [0.4, 0.5) is 0 Å². The van der Waals surface area contributed by atoms with E-state index in [9.17, 15) is 0 Å². The Kier molecular flexibility index (Phi) is 5.07. The molecule has 26 heavy (non-hydrogen) atoms. The van der Waals surface area contributed by atoms with Crippen LogP contribution in [-0.4, -0.2) is 47.0 Å². The van der Waals surface area contributed by atoms with Crippen molar-refractivity contribution in [1.29, 1.82) is 0 Å². The van der Waals surface area contributed by atoms with Crippen molar-refractivity contribution in [3.8, 4) is 0 Å². The summed E-state index contributed by atoms with van der Waals surface area (Å²) in [7, 11) is 0. The van der Waals surface area contributed by atoms with Crippen molar-refractivity contribution in [2.45, 2.75) is 32.9 Å². The van der Waals surface area contributed by atoms with Crippen LogP contribution in [0.3, 0.4) is 0 Å². The van der Waals surface area contributed by atoms with Crippen molar-refractivity contribution in [2.75, 3.05) is 26.2 Å². The molecule has 3 aromatic rings. The summed E-state index contributed by atoms with van der Waals surface area (Å²) in [5.41, 5.74) is 4.72. The lowest BCUT2D eigenvalue weighted by molar-refractivity contribution is 0.0905. The zero-order chi connectivity index (χ0) is 18.1. The standard InChI is InChI=1S/C22H27N3S/c1-16(2)24-10-12-25(13-11-24)22(21-14-23-15-26-21)20-9-8-17(3)18-6-4-5-7-19(18)20/h4-9,14-16,22H,10-13H2,1-3H3. The Morgan fingerprint density at radius 3 is 2.27 bits per heavy atom. The number of benzene rings is 2. The molecule has 1 aromatic heterocycles. The van der Waals surface area contributed by atoms with E-state index < -0.39 is 0 Å². The maximum Gasteiger partial charge on any atom is 0.0794 e. The van der Waals surface area contributed by atoms with Gasteiger partial charge >= 0.3 is 0 Å². The number of aromatic nitrogens is 1. The number of nitrogens with zero attached hydrogens (tertiary/aromatic N) is 3. The fourth-order valence-corrected chi connectivity index (χ4v) is 4.88. The molecular weight excluding hydrogens is 338 g/mol. The summed E-state index contributed by atoms with van der Waals surface area (Å²) in [6.45, 7) is 11.3. The van der Waals surface area contributed by atoms with E-state index in [1.165, 1.54) is 26.8 Å². The zero-order valence-electron chi connectivity index (χ0n) is 15.9. The van der Waals surface area contributed by atoms with Crippen LogP contribution in [0.25, 0.3) is 10.8 Å². The Labute approximate surface area is 160 Å². The summed E-state index contributed by atoms with van der Waals surface area (Å²) in [4.78, 5) is 10.9. The largest absolute Gasteiger partial charge is 0.298 e. The summed E-state index contributed by atoms with van der Waals surface area (Å²) in [6, 6.07) is 14.3. The fraction of sp³-hybridized carbons (Fsp3) is 0.409. The molecule has 1 aliphatic heterocycles. The van der Waals surface area contributed by atoms with E-state index in [1.54, 1.807) is 11.3 Å². The van der Waals surface area contributed by atoms with Gasteiger partial charge in [-0.15, -0.1) is 11.3 Å². The summed E-state index contributed by atoms with van der Waals surface area (Å²) in [6.07, 6.45) is 2.05. The lowest BCUT2D eigenvalue weighted by atomic mass is 9.94. The predicted molar refractivity (Wildman–Crippen MR) is 111 cm³/mol. The van der Waals surface area contributed by atoms with Crippen molar-refractivity contribution >= 4 is 22.1 Å². The average Bonchev–Trinajstić information content (AvgIpc) is 3.19. The van der Waals surface area contributed by atoms with E-state index in [1.807, 2.05) is 5.51 Å². The number of hydrogen-bond donors (Lipinski definition) is 0. The lowest BCUT2D eigenvalue weighted by Gasteiger charge is -2.41. The Bertz CT molecular complexity index is 864. The molecule has 0 spiro atoms. The van der Waals surface area contributed by atoms with Gasteiger partial charge in [-0.1, -0.05) is 36.4 Å². The Hall–Kier alpha value is -1.75. The molecule has 0 aliphatic carbocycles. The van der Waals surface area contributed by atoms with Crippen LogP contribution >= 0.6 is 11.3 Å². The Balaban J connectivity index is 1.76. The van der Waals surface area contributed by atoms with Crippen LogP contribution in [0.2, 0.25) is 0 Å². The number of aryl methyl sites for hydroxylation is 1. The predicted octanol–water partition coefficient (Wildman–Crippen LogP) is 4.72. The molecule has 1 unspecified atom stereocenters. The number of fused-ring (bicyclic) bond motifs is 1. The summed E-state index contributed by atoms with van der Waals surface area (Å²) >= 11 is 1.77. The maximum absolute atomic E-state index is 4.39. The van der Waals surface area contributed by atoms with Crippen LogP contribution in [0.5, 0.6) is 0 Å². The van der Waals surface area contributed by atoms with Crippen LogP contribution < -0.4 is 0 Å². The monoisotopic (exact) mass is 365 g/mol. The smallest absolute Gasteiger partial charge is 0.0794 e. The number of hydrogen-bond acceptors (Lipinski definition) is 4. The summed E-state index contributed by atoms with van der Waals surface area (Å²) in [5.74, 6) is 0. The molecule has 0 bridgehead atoms.